The van der Waals surface area contributed by atoms with Gasteiger partial charge in [-0.2, -0.15) is 0 Å². The van der Waals surface area contributed by atoms with Gasteiger partial charge in [-0.05, 0) is 30.7 Å². The normalized spacial score (nSPS) is 17.1. The average molecular weight is 347 g/mol. The van der Waals surface area contributed by atoms with Crippen molar-refractivity contribution in [2.45, 2.75) is 19.0 Å². The van der Waals surface area contributed by atoms with E-state index in [1.807, 2.05) is 36.7 Å². The Morgan fingerprint density at radius 2 is 2.04 bits per heavy atom. The predicted octanol–water partition coefficient (Wildman–Crippen LogP) is 2.73. The fourth-order valence-electron chi connectivity index (χ4n) is 2.68. The molecule has 0 radical (unpaired) electrons. The summed E-state index contributed by atoms with van der Waals surface area (Å²) in [5.41, 5.74) is 1.94. The lowest BCUT2D eigenvalue weighted by atomic mass is 10.2. The van der Waals surface area contributed by atoms with Crippen molar-refractivity contribution in [3.05, 3.63) is 47.2 Å². The number of amides is 1. The van der Waals surface area contributed by atoms with Crippen LogP contribution in [0.3, 0.4) is 0 Å². The van der Waals surface area contributed by atoms with Gasteiger partial charge in [-0.25, -0.2) is 14.8 Å². The van der Waals surface area contributed by atoms with Gasteiger partial charge < -0.3 is 15.0 Å². The van der Waals surface area contributed by atoms with Crippen molar-refractivity contribution in [3.63, 3.8) is 0 Å². The number of likely N-dealkylation sites (tertiary alicyclic amines) is 1. The minimum atomic E-state index is -0.269. The highest BCUT2D eigenvalue weighted by Crippen LogP contribution is 2.18. The molecule has 1 N–H and O–H groups in total. The monoisotopic (exact) mass is 346 g/mol. The van der Waals surface area contributed by atoms with Crippen molar-refractivity contribution in [3.8, 4) is 11.4 Å². The number of hydrogen-bond acceptors (Lipinski definition) is 5. The van der Waals surface area contributed by atoms with Gasteiger partial charge in [0.1, 0.15) is 0 Å². The second-order valence-electron chi connectivity index (χ2n) is 5.70. The number of carbonyl (C=O) groups excluding carboxylic acids is 1. The van der Waals surface area contributed by atoms with Crippen LogP contribution in [-0.2, 0) is 11.3 Å². The number of nitrogens with one attached hydrogen (secondary N) is 1. The lowest BCUT2D eigenvalue weighted by molar-refractivity contribution is 0.132. The highest BCUT2D eigenvalue weighted by molar-refractivity contribution is 6.30. The number of aromatic nitrogens is 2. The maximum atomic E-state index is 11.5. The first-order valence-electron chi connectivity index (χ1n) is 7.79. The second-order valence-corrected chi connectivity index (χ2v) is 6.14. The first-order chi connectivity index (χ1) is 11.7. The molecule has 2 heterocycles. The Morgan fingerprint density at radius 1 is 1.33 bits per heavy atom. The zero-order chi connectivity index (χ0) is 16.9. The topological polar surface area (TPSA) is 67.3 Å². The third-order valence-electron chi connectivity index (χ3n) is 4.02. The van der Waals surface area contributed by atoms with E-state index in [9.17, 15) is 4.79 Å². The number of nitrogens with zero attached hydrogens (tertiary/aromatic N) is 3. The van der Waals surface area contributed by atoms with E-state index < -0.39 is 0 Å². The first kappa shape index (κ1) is 16.7. The molecule has 1 aliphatic rings. The second kappa shape index (κ2) is 7.59. The fraction of sp³-hybridized carbons (Fsp3) is 0.353. The van der Waals surface area contributed by atoms with Gasteiger partial charge in [0.05, 0.1) is 7.11 Å². The van der Waals surface area contributed by atoms with Crippen LogP contribution in [0.4, 0.5) is 4.79 Å². The van der Waals surface area contributed by atoms with E-state index >= 15 is 0 Å². The molecule has 0 bridgehead atoms. The number of methoxy groups -OCH3 is 1. The van der Waals surface area contributed by atoms with E-state index in [0.29, 0.717) is 23.9 Å². The fourth-order valence-corrected chi connectivity index (χ4v) is 2.80. The summed E-state index contributed by atoms with van der Waals surface area (Å²) in [5, 5.41) is 4.12. The van der Waals surface area contributed by atoms with Gasteiger partial charge >= 0.3 is 6.09 Å². The zero-order valence-electron chi connectivity index (χ0n) is 13.4. The van der Waals surface area contributed by atoms with Gasteiger partial charge in [0.15, 0.2) is 5.82 Å². The molecule has 1 aromatic heterocycles. The van der Waals surface area contributed by atoms with Gasteiger partial charge in [0.2, 0.25) is 0 Å². The maximum absolute atomic E-state index is 11.5. The van der Waals surface area contributed by atoms with Crippen molar-refractivity contribution in [2.24, 2.45) is 0 Å². The molecule has 1 atom stereocenters. The number of benzene rings is 1. The van der Waals surface area contributed by atoms with Crippen LogP contribution in [0.15, 0.2) is 36.7 Å². The Labute approximate surface area is 145 Å². The Kier molecular flexibility index (Phi) is 5.27. The summed E-state index contributed by atoms with van der Waals surface area (Å²) < 4.78 is 4.74. The smallest absolute Gasteiger partial charge is 0.409 e. The number of halogens is 1. The Balaban J connectivity index is 1.53. The SMILES string of the molecule is COC(=O)N1CCC(NCc2cnc(-c3ccc(Cl)cc3)nc2)C1. The summed E-state index contributed by atoms with van der Waals surface area (Å²) in [6.45, 7) is 2.05. The summed E-state index contributed by atoms with van der Waals surface area (Å²) in [4.78, 5) is 22.0. The molecular formula is C17H19ClN4O2. The molecule has 6 nitrogen and oxygen atoms in total. The number of rotatable bonds is 4. The van der Waals surface area contributed by atoms with Crippen LogP contribution in [0.2, 0.25) is 5.02 Å². The van der Waals surface area contributed by atoms with Gasteiger partial charge in [0.25, 0.3) is 0 Å². The largest absolute Gasteiger partial charge is 0.453 e. The van der Waals surface area contributed by atoms with Crippen molar-refractivity contribution >= 4 is 17.7 Å². The van der Waals surface area contributed by atoms with Crippen molar-refractivity contribution in [1.29, 1.82) is 0 Å². The summed E-state index contributed by atoms with van der Waals surface area (Å²) in [5.74, 6) is 0.674. The third kappa shape index (κ3) is 4.01. The van der Waals surface area contributed by atoms with Gasteiger partial charge in [-0.3, -0.25) is 0 Å². The quantitative estimate of drug-likeness (QED) is 0.922. The van der Waals surface area contributed by atoms with Crippen LogP contribution in [0.5, 0.6) is 0 Å². The molecule has 1 aromatic carbocycles. The Bertz CT molecular complexity index is 691. The molecule has 1 amide bonds. The van der Waals surface area contributed by atoms with E-state index in [2.05, 4.69) is 15.3 Å². The van der Waals surface area contributed by atoms with Crippen LogP contribution in [0.25, 0.3) is 11.4 Å². The van der Waals surface area contributed by atoms with Crippen LogP contribution >= 0.6 is 11.6 Å². The molecule has 7 heteroatoms. The van der Waals surface area contributed by atoms with Gasteiger partial charge in [0, 0.05) is 54.2 Å². The molecule has 126 valence electrons. The molecular weight excluding hydrogens is 328 g/mol. The van der Waals surface area contributed by atoms with Crippen LogP contribution in [-0.4, -0.2) is 47.2 Å². The average Bonchev–Trinajstić information content (AvgIpc) is 3.09. The van der Waals surface area contributed by atoms with E-state index in [1.54, 1.807) is 4.90 Å². The molecule has 1 fully saturated rings. The van der Waals surface area contributed by atoms with Crippen LogP contribution < -0.4 is 5.32 Å². The molecule has 24 heavy (non-hydrogen) atoms. The van der Waals surface area contributed by atoms with Crippen molar-refractivity contribution in [1.82, 2.24) is 20.2 Å². The Morgan fingerprint density at radius 3 is 2.71 bits per heavy atom. The minimum Gasteiger partial charge on any atom is -0.453 e. The van der Waals surface area contributed by atoms with Gasteiger partial charge in [-0.1, -0.05) is 11.6 Å². The molecule has 1 unspecified atom stereocenters. The van der Waals surface area contributed by atoms with E-state index in [0.717, 1.165) is 24.1 Å². The van der Waals surface area contributed by atoms with Crippen LogP contribution in [0.1, 0.15) is 12.0 Å². The lowest BCUT2D eigenvalue weighted by Crippen LogP contribution is -2.34. The first-order valence-corrected chi connectivity index (χ1v) is 8.16. The van der Waals surface area contributed by atoms with Crippen molar-refractivity contribution in [2.75, 3.05) is 20.2 Å². The van der Waals surface area contributed by atoms with E-state index in [4.69, 9.17) is 16.3 Å². The van der Waals surface area contributed by atoms with Crippen molar-refractivity contribution < 1.29 is 9.53 Å². The van der Waals surface area contributed by atoms with E-state index in [1.165, 1.54) is 7.11 Å². The molecule has 0 saturated carbocycles. The number of ether oxygens (including phenoxy) is 1. The molecule has 0 spiro atoms. The standard InChI is InChI=1S/C17H19ClN4O2/c1-24-17(23)22-7-6-15(11-22)19-8-12-9-20-16(21-10-12)13-2-4-14(18)5-3-13/h2-5,9-10,15,19H,6-8,11H2,1H3. The zero-order valence-corrected chi connectivity index (χ0v) is 14.2. The highest BCUT2D eigenvalue weighted by atomic mass is 35.5. The summed E-state index contributed by atoms with van der Waals surface area (Å²) in [6, 6.07) is 7.71. The summed E-state index contributed by atoms with van der Waals surface area (Å²) in [6.07, 6.45) is 4.28. The molecule has 3 rings (SSSR count). The molecule has 2 aromatic rings. The maximum Gasteiger partial charge on any atom is 0.409 e. The molecule has 1 saturated heterocycles. The number of carbonyl (C=O) groups is 1. The predicted molar refractivity (Wildman–Crippen MR) is 91.7 cm³/mol. The van der Waals surface area contributed by atoms with Crippen LogP contribution in [0, 0.1) is 0 Å². The Hall–Kier alpha value is -2.18. The summed E-state index contributed by atoms with van der Waals surface area (Å²) >= 11 is 5.89. The van der Waals surface area contributed by atoms with E-state index in [-0.39, 0.29) is 12.1 Å². The lowest BCUT2D eigenvalue weighted by Gasteiger charge is -2.15. The molecule has 1 aliphatic heterocycles. The van der Waals surface area contributed by atoms with Gasteiger partial charge in [-0.15, -0.1) is 0 Å². The summed E-state index contributed by atoms with van der Waals surface area (Å²) in [7, 11) is 1.41. The number of hydrogen-bond donors (Lipinski definition) is 1. The minimum absolute atomic E-state index is 0.264. The third-order valence-corrected chi connectivity index (χ3v) is 4.28. The highest BCUT2D eigenvalue weighted by Gasteiger charge is 2.26. The molecule has 0 aliphatic carbocycles.